The molecule has 7 nitrogen and oxygen atoms in total. The van der Waals surface area contributed by atoms with Crippen LogP contribution in [-0.2, 0) is 38.8 Å². The lowest BCUT2D eigenvalue weighted by Gasteiger charge is -2.49. The van der Waals surface area contributed by atoms with Crippen molar-refractivity contribution in [3.8, 4) is 11.1 Å². The SMILES string of the molecule is Cc1onc(CO[Si](C)(C)C(C)(C)C)c1-c1cc2c(c3c1CCC3)N(C(=O)OC(C)(C)C)C(C)(C)C(=O)C2(C)C. The number of hydrogen-bond donors (Lipinski definition) is 0. The van der Waals surface area contributed by atoms with Crippen molar-refractivity contribution in [3.63, 3.8) is 0 Å². The van der Waals surface area contributed by atoms with Crippen LogP contribution in [0.15, 0.2) is 10.6 Å². The second kappa shape index (κ2) is 9.55. The Morgan fingerprint density at radius 2 is 1.68 bits per heavy atom. The summed E-state index contributed by atoms with van der Waals surface area (Å²) in [5.74, 6) is 0.706. The molecule has 0 bridgehead atoms. The highest BCUT2D eigenvalue weighted by Gasteiger charge is 2.54. The summed E-state index contributed by atoms with van der Waals surface area (Å²) in [4.78, 5) is 29.4. The Kier molecular flexibility index (Phi) is 7.28. The summed E-state index contributed by atoms with van der Waals surface area (Å²) in [6.07, 6.45) is 2.18. The van der Waals surface area contributed by atoms with E-state index >= 15 is 0 Å². The van der Waals surface area contributed by atoms with Crippen LogP contribution in [0.2, 0.25) is 18.1 Å². The summed E-state index contributed by atoms with van der Waals surface area (Å²) in [7, 11) is -2.02. The van der Waals surface area contributed by atoms with Crippen LogP contribution in [0.5, 0.6) is 0 Å². The van der Waals surface area contributed by atoms with Crippen molar-refractivity contribution in [2.45, 2.75) is 137 Å². The van der Waals surface area contributed by atoms with E-state index in [0.29, 0.717) is 6.61 Å². The second-order valence-electron chi connectivity index (χ2n) is 15.1. The topological polar surface area (TPSA) is 81.9 Å². The highest BCUT2D eigenvalue weighted by molar-refractivity contribution is 6.74. The monoisotopic (exact) mass is 568 g/mol. The average molecular weight is 569 g/mol. The van der Waals surface area contributed by atoms with E-state index in [1.807, 2.05) is 55.4 Å². The minimum absolute atomic E-state index is 0.0224. The third kappa shape index (κ3) is 4.95. The van der Waals surface area contributed by atoms with E-state index in [1.54, 1.807) is 4.90 Å². The summed E-state index contributed by atoms with van der Waals surface area (Å²) in [6.45, 7) is 26.6. The number of Topliss-reactive ketones (excluding diaryl/α,β-unsaturated/α-hetero) is 1. The van der Waals surface area contributed by atoms with Gasteiger partial charge in [-0.15, -0.1) is 0 Å². The molecule has 0 fully saturated rings. The number of rotatable bonds is 4. The van der Waals surface area contributed by atoms with Crippen LogP contribution in [-0.4, -0.2) is 36.5 Å². The van der Waals surface area contributed by atoms with Gasteiger partial charge in [0.1, 0.15) is 22.6 Å². The molecular formula is C32H48N2O5Si. The second-order valence-corrected chi connectivity index (χ2v) is 19.9. The van der Waals surface area contributed by atoms with Gasteiger partial charge in [0, 0.05) is 0 Å². The molecule has 1 amide bonds. The van der Waals surface area contributed by atoms with E-state index in [-0.39, 0.29) is 10.8 Å². The van der Waals surface area contributed by atoms with E-state index in [1.165, 1.54) is 5.56 Å². The number of fused-ring (bicyclic) bond motifs is 3. The van der Waals surface area contributed by atoms with Gasteiger partial charge in [-0.05, 0) is 121 Å². The van der Waals surface area contributed by atoms with E-state index in [2.05, 4.69) is 45.1 Å². The number of carbonyl (C=O) groups excluding carboxylic acids is 2. The first-order valence-corrected chi connectivity index (χ1v) is 17.4. The number of carbonyl (C=O) groups is 2. The van der Waals surface area contributed by atoms with Gasteiger partial charge in [0.15, 0.2) is 14.1 Å². The molecule has 0 spiro atoms. The van der Waals surface area contributed by atoms with Gasteiger partial charge in [0.05, 0.1) is 23.3 Å². The molecule has 2 aromatic rings. The fraction of sp³-hybridized carbons (Fsp3) is 0.656. The van der Waals surface area contributed by atoms with Crippen LogP contribution >= 0.6 is 0 Å². The Hall–Kier alpha value is -2.45. The minimum atomic E-state index is -2.02. The fourth-order valence-electron chi connectivity index (χ4n) is 5.94. The fourth-order valence-corrected chi connectivity index (χ4v) is 6.87. The molecule has 0 saturated carbocycles. The number of anilines is 1. The van der Waals surface area contributed by atoms with Crippen LogP contribution in [0.25, 0.3) is 11.1 Å². The molecule has 0 unspecified atom stereocenters. The number of ketones is 1. The Balaban J connectivity index is 1.93. The van der Waals surface area contributed by atoms with Crippen molar-refractivity contribution < 1.29 is 23.3 Å². The number of benzene rings is 1. The molecular weight excluding hydrogens is 520 g/mol. The third-order valence-corrected chi connectivity index (χ3v) is 13.6. The molecule has 8 heteroatoms. The Bertz CT molecular complexity index is 1350. The quantitative estimate of drug-likeness (QED) is 0.347. The lowest BCUT2D eigenvalue weighted by atomic mass is 9.67. The first kappa shape index (κ1) is 30.5. The van der Waals surface area contributed by atoms with E-state index in [0.717, 1.165) is 58.7 Å². The minimum Gasteiger partial charge on any atom is -0.443 e. The highest BCUT2D eigenvalue weighted by Crippen LogP contribution is 2.52. The summed E-state index contributed by atoms with van der Waals surface area (Å²) >= 11 is 0. The molecule has 0 N–H and O–H groups in total. The van der Waals surface area contributed by atoms with E-state index in [9.17, 15) is 9.59 Å². The number of amides is 1. The molecule has 1 aliphatic heterocycles. The number of aromatic nitrogens is 1. The Morgan fingerprint density at radius 3 is 2.25 bits per heavy atom. The van der Waals surface area contributed by atoms with Gasteiger partial charge < -0.3 is 13.7 Å². The molecule has 0 atom stereocenters. The lowest BCUT2D eigenvalue weighted by molar-refractivity contribution is -0.128. The maximum Gasteiger partial charge on any atom is 0.415 e. The van der Waals surface area contributed by atoms with Crippen molar-refractivity contribution in [2.24, 2.45) is 0 Å². The third-order valence-electron chi connectivity index (χ3n) is 9.11. The van der Waals surface area contributed by atoms with E-state index in [4.69, 9.17) is 13.7 Å². The predicted octanol–water partition coefficient (Wildman–Crippen LogP) is 8.04. The van der Waals surface area contributed by atoms with Crippen LogP contribution in [0.4, 0.5) is 10.5 Å². The first-order valence-electron chi connectivity index (χ1n) is 14.5. The van der Waals surface area contributed by atoms with Crippen molar-refractivity contribution in [1.82, 2.24) is 5.16 Å². The number of aryl methyl sites for hydroxylation is 1. The molecule has 2 heterocycles. The van der Waals surface area contributed by atoms with Crippen molar-refractivity contribution in [3.05, 3.63) is 34.2 Å². The van der Waals surface area contributed by atoms with Gasteiger partial charge in [0.25, 0.3) is 0 Å². The molecule has 2 aliphatic rings. The highest BCUT2D eigenvalue weighted by atomic mass is 28.4. The van der Waals surface area contributed by atoms with Crippen molar-refractivity contribution >= 4 is 25.9 Å². The Morgan fingerprint density at radius 1 is 1.07 bits per heavy atom. The van der Waals surface area contributed by atoms with Gasteiger partial charge >= 0.3 is 6.09 Å². The van der Waals surface area contributed by atoms with Crippen LogP contribution in [0.1, 0.15) is 104 Å². The van der Waals surface area contributed by atoms with Crippen LogP contribution in [0.3, 0.4) is 0 Å². The molecule has 1 aliphatic carbocycles. The smallest absolute Gasteiger partial charge is 0.415 e. The largest absolute Gasteiger partial charge is 0.443 e. The predicted molar refractivity (Wildman–Crippen MR) is 162 cm³/mol. The molecule has 0 saturated heterocycles. The maximum atomic E-state index is 14.1. The molecule has 4 rings (SSSR count). The molecule has 220 valence electrons. The first-order chi connectivity index (χ1) is 18.1. The molecule has 40 heavy (non-hydrogen) atoms. The average Bonchev–Trinajstić information content (AvgIpc) is 3.41. The number of hydrogen-bond acceptors (Lipinski definition) is 6. The van der Waals surface area contributed by atoms with Gasteiger partial charge in [-0.3, -0.25) is 9.69 Å². The normalized spacial score (nSPS) is 18.5. The van der Waals surface area contributed by atoms with Crippen LogP contribution < -0.4 is 4.90 Å². The molecule has 1 aromatic carbocycles. The van der Waals surface area contributed by atoms with E-state index < -0.39 is 31.0 Å². The molecule has 1 aromatic heterocycles. The number of nitrogens with zero attached hydrogens (tertiary/aromatic N) is 2. The van der Waals surface area contributed by atoms with Crippen molar-refractivity contribution in [2.75, 3.05) is 4.90 Å². The number of ether oxygens (including phenoxy) is 1. The van der Waals surface area contributed by atoms with Gasteiger partial charge in [-0.1, -0.05) is 25.9 Å². The summed E-state index contributed by atoms with van der Waals surface area (Å²) in [5.41, 5.74) is 4.16. The summed E-state index contributed by atoms with van der Waals surface area (Å²) in [5, 5.41) is 4.51. The molecule has 0 radical (unpaired) electrons. The van der Waals surface area contributed by atoms with Gasteiger partial charge in [-0.25, -0.2) is 4.79 Å². The zero-order valence-corrected chi connectivity index (χ0v) is 27.8. The summed E-state index contributed by atoms with van der Waals surface area (Å²) < 4.78 is 18.2. The van der Waals surface area contributed by atoms with Gasteiger partial charge in [0.2, 0.25) is 0 Å². The maximum absolute atomic E-state index is 14.1. The lowest BCUT2D eigenvalue weighted by Crippen LogP contribution is -2.63. The standard InChI is InChI=1S/C32H48N2O5Si/c1-19-25(24(33-39-19)18-37-40(12,13)30(5,6)7)22-17-23-26(21-16-14-15-20(21)22)34(28(36)38-29(2,3)4)32(10,11)27(35)31(23,8)9/h17H,14-16,18H2,1-13H3. The van der Waals surface area contributed by atoms with Crippen molar-refractivity contribution in [1.29, 1.82) is 0 Å². The zero-order valence-electron chi connectivity index (χ0n) is 26.8. The van der Waals surface area contributed by atoms with Crippen LogP contribution in [0, 0.1) is 6.92 Å². The zero-order chi connectivity index (χ0) is 30.2. The Labute approximate surface area is 241 Å². The van der Waals surface area contributed by atoms with Gasteiger partial charge in [-0.2, -0.15) is 0 Å². The summed E-state index contributed by atoms with van der Waals surface area (Å²) in [6, 6.07) is 2.11.